The number of nitrogens with one attached hydrogen (secondary N) is 1. The average Bonchev–Trinajstić information content (AvgIpc) is 2.51. The highest BCUT2D eigenvalue weighted by Gasteiger charge is 2.28. The van der Waals surface area contributed by atoms with E-state index in [-0.39, 0.29) is 36.4 Å². The molecule has 6 nitrogen and oxygen atoms in total. The van der Waals surface area contributed by atoms with Crippen LogP contribution in [0.25, 0.3) is 0 Å². The first-order valence-corrected chi connectivity index (χ1v) is 6.94. The fraction of sp³-hybridized carbons (Fsp3) is 0.400. The van der Waals surface area contributed by atoms with E-state index in [2.05, 4.69) is 14.8 Å². The second kappa shape index (κ2) is 8.76. The normalized spacial score (nSPS) is 10.6. The molecule has 1 amide bonds. The van der Waals surface area contributed by atoms with Gasteiger partial charge in [0, 0.05) is 12.1 Å². The predicted molar refractivity (Wildman–Crippen MR) is 77.2 cm³/mol. The highest BCUT2D eigenvalue weighted by molar-refractivity contribution is 5.92. The molecule has 0 spiro atoms. The Bertz CT molecular complexity index is 639. The van der Waals surface area contributed by atoms with Crippen LogP contribution in [-0.2, 0) is 14.3 Å². The lowest BCUT2D eigenvalue weighted by molar-refractivity contribution is -0.153. The van der Waals surface area contributed by atoms with Gasteiger partial charge in [0.1, 0.15) is 11.8 Å². The van der Waals surface area contributed by atoms with E-state index in [0.29, 0.717) is 0 Å². The summed E-state index contributed by atoms with van der Waals surface area (Å²) < 4.78 is 45.6. The molecule has 0 fully saturated rings. The van der Waals surface area contributed by atoms with Crippen LogP contribution in [0.5, 0.6) is 5.75 Å². The number of nitrogens with zero attached hydrogens (tertiary/aromatic N) is 1. The molecule has 24 heavy (non-hydrogen) atoms. The van der Waals surface area contributed by atoms with Crippen molar-refractivity contribution in [2.75, 3.05) is 18.5 Å². The van der Waals surface area contributed by atoms with Crippen molar-refractivity contribution in [2.24, 2.45) is 0 Å². The second-order valence-electron chi connectivity index (χ2n) is 4.58. The summed E-state index contributed by atoms with van der Waals surface area (Å²) in [5.41, 5.74) is 0.0576. The first-order valence-electron chi connectivity index (χ1n) is 6.94. The van der Waals surface area contributed by atoms with Crippen LogP contribution < -0.4 is 10.1 Å². The molecule has 1 aromatic rings. The van der Waals surface area contributed by atoms with E-state index in [9.17, 15) is 22.8 Å². The molecule has 0 saturated carbocycles. The van der Waals surface area contributed by atoms with Crippen LogP contribution in [0.4, 0.5) is 18.9 Å². The highest BCUT2D eigenvalue weighted by atomic mass is 19.4. The Hall–Kier alpha value is -2.76. The fourth-order valence-electron chi connectivity index (χ4n) is 1.65. The van der Waals surface area contributed by atoms with E-state index < -0.39 is 24.7 Å². The minimum atomic E-state index is -4.52. The van der Waals surface area contributed by atoms with Crippen molar-refractivity contribution in [3.8, 4) is 11.8 Å². The third kappa shape index (κ3) is 7.00. The Morgan fingerprint density at radius 3 is 2.58 bits per heavy atom. The SMILES string of the molecule is CCOC(=O)CCC(=O)Nc1ccc(OCC(F)(F)F)c(C#N)c1. The van der Waals surface area contributed by atoms with Crippen LogP contribution in [0.15, 0.2) is 18.2 Å². The Labute approximate surface area is 136 Å². The summed E-state index contributed by atoms with van der Waals surface area (Å²) >= 11 is 0. The zero-order valence-corrected chi connectivity index (χ0v) is 12.8. The molecule has 0 radical (unpaired) electrons. The van der Waals surface area contributed by atoms with Gasteiger partial charge in [0.15, 0.2) is 6.61 Å². The maximum atomic E-state index is 12.1. The molecule has 1 N–H and O–H groups in total. The molecule has 1 aromatic carbocycles. The van der Waals surface area contributed by atoms with Gasteiger partial charge < -0.3 is 14.8 Å². The summed E-state index contributed by atoms with van der Waals surface area (Å²) in [6.45, 7) is 0.335. The lowest BCUT2D eigenvalue weighted by Gasteiger charge is -2.11. The summed E-state index contributed by atoms with van der Waals surface area (Å²) in [6.07, 6.45) is -4.74. The number of rotatable bonds is 7. The van der Waals surface area contributed by atoms with Crippen molar-refractivity contribution in [1.29, 1.82) is 5.26 Å². The van der Waals surface area contributed by atoms with Crippen molar-refractivity contribution in [1.82, 2.24) is 0 Å². The number of ether oxygens (including phenoxy) is 2. The molecular weight excluding hydrogens is 329 g/mol. The van der Waals surface area contributed by atoms with Gasteiger partial charge in [0.25, 0.3) is 0 Å². The molecule has 0 aliphatic heterocycles. The molecule has 0 unspecified atom stereocenters. The zero-order valence-electron chi connectivity index (χ0n) is 12.8. The fourth-order valence-corrected chi connectivity index (χ4v) is 1.65. The Morgan fingerprint density at radius 1 is 1.29 bits per heavy atom. The number of esters is 1. The number of nitriles is 1. The Kier molecular flexibility index (Phi) is 7.04. The van der Waals surface area contributed by atoms with Crippen molar-refractivity contribution >= 4 is 17.6 Å². The maximum Gasteiger partial charge on any atom is 0.422 e. The first-order chi connectivity index (χ1) is 11.2. The van der Waals surface area contributed by atoms with Gasteiger partial charge in [-0.1, -0.05) is 0 Å². The lowest BCUT2D eigenvalue weighted by Crippen LogP contribution is -2.19. The molecule has 0 heterocycles. The van der Waals surface area contributed by atoms with Crippen LogP contribution in [0, 0.1) is 11.3 Å². The molecule has 0 aliphatic carbocycles. The monoisotopic (exact) mass is 344 g/mol. The predicted octanol–water partition coefficient (Wildman–Crippen LogP) is 2.78. The summed E-state index contributed by atoms with van der Waals surface area (Å²) in [4.78, 5) is 22.8. The molecule has 0 bridgehead atoms. The minimum Gasteiger partial charge on any atom is -0.483 e. The quantitative estimate of drug-likeness (QED) is 0.769. The number of benzene rings is 1. The van der Waals surface area contributed by atoms with Crippen LogP contribution >= 0.6 is 0 Å². The van der Waals surface area contributed by atoms with Gasteiger partial charge in [0.2, 0.25) is 5.91 Å². The summed E-state index contributed by atoms with van der Waals surface area (Å²) in [7, 11) is 0. The summed E-state index contributed by atoms with van der Waals surface area (Å²) in [5, 5.41) is 11.4. The first kappa shape index (κ1) is 19.3. The third-order valence-electron chi connectivity index (χ3n) is 2.64. The lowest BCUT2D eigenvalue weighted by atomic mass is 10.2. The molecule has 0 aliphatic rings. The van der Waals surface area contributed by atoms with Gasteiger partial charge in [-0.2, -0.15) is 18.4 Å². The number of anilines is 1. The number of carbonyl (C=O) groups excluding carboxylic acids is 2. The van der Waals surface area contributed by atoms with E-state index in [1.807, 2.05) is 0 Å². The molecule has 1 rings (SSSR count). The maximum absolute atomic E-state index is 12.1. The van der Waals surface area contributed by atoms with Gasteiger partial charge in [-0.3, -0.25) is 9.59 Å². The van der Waals surface area contributed by atoms with Crippen LogP contribution in [0.2, 0.25) is 0 Å². The Morgan fingerprint density at radius 2 is 2.00 bits per heavy atom. The van der Waals surface area contributed by atoms with Gasteiger partial charge in [0.05, 0.1) is 18.6 Å². The van der Waals surface area contributed by atoms with E-state index in [1.54, 1.807) is 13.0 Å². The van der Waals surface area contributed by atoms with Gasteiger partial charge in [-0.25, -0.2) is 0 Å². The van der Waals surface area contributed by atoms with Crippen LogP contribution in [-0.4, -0.2) is 31.3 Å². The molecule has 0 aromatic heterocycles. The second-order valence-corrected chi connectivity index (χ2v) is 4.58. The van der Waals surface area contributed by atoms with E-state index in [4.69, 9.17) is 5.26 Å². The van der Waals surface area contributed by atoms with E-state index in [1.165, 1.54) is 12.1 Å². The number of carbonyl (C=O) groups is 2. The van der Waals surface area contributed by atoms with Crippen molar-refractivity contribution in [2.45, 2.75) is 25.9 Å². The average molecular weight is 344 g/mol. The number of halogens is 3. The number of alkyl halides is 3. The molecule has 9 heteroatoms. The number of hydrogen-bond donors (Lipinski definition) is 1. The van der Waals surface area contributed by atoms with Crippen LogP contribution in [0.1, 0.15) is 25.3 Å². The van der Waals surface area contributed by atoms with E-state index >= 15 is 0 Å². The standard InChI is InChI=1S/C15H15F3N2O4/c1-2-23-14(22)6-5-13(21)20-11-3-4-12(10(7-11)8-19)24-9-15(16,17)18/h3-4,7H,2,5-6,9H2,1H3,(H,20,21). The molecular formula is C15H15F3N2O4. The smallest absolute Gasteiger partial charge is 0.422 e. The van der Waals surface area contributed by atoms with Crippen molar-refractivity contribution in [3.05, 3.63) is 23.8 Å². The minimum absolute atomic E-state index is 0.0996. The summed E-state index contributed by atoms with van der Waals surface area (Å²) in [6, 6.07) is 5.34. The largest absolute Gasteiger partial charge is 0.483 e. The number of amides is 1. The molecule has 130 valence electrons. The van der Waals surface area contributed by atoms with Gasteiger partial charge in [-0.05, 0) is 25.1 Å². The Balaban J connectivity index is 2.65. The summed E-state index contributed by atoms with van der Waals surface area (Å²) in [5.74, 6) is -1.24. The topological polar surface area (TPSA) is 88.4 Å². The van der Waals surface area contributed by atoms with Gasteiger partial charge >= 0.3 is 12.1 Å². The van der Waals surface area contributed by atoms with Crippen LogP contribution in [0.3, 0.4) is 0 Å². The highest BCUT2D eigenvalue weighted by Crippen LogP contribution is 2.25. The van der Waals surface area contributed by atoms with Crippen molar-refractivity contribution < 1.29 is 32.2 Å². The van der Waals surface area contributed by atoms with E-state index in [0.717, 1.165) is 6.07 Å². The molecule has 0 atom stereocenters. The van der Waals surface area contributed by atoms with Gasteiger partial charge in [-0.15, -0.1) is 0 Å². The zero-order chi connectivity index (χ0) is 18.2. The third-order valence-corrected chi connectivity index (χ3v) is 2.64. The molecule has 0 saturated heterocycles. The van der Waals surface area contributed by atoms with Crippen molar-refractivity contribution in [3.63, 3.8) is 0 Å². The number of hydrogen-bond acceptors (Lipinski definition) is 5.